The molecule has 0 N–H and O–H groups in total. The SMILES string of the molecule is O=C(c1cnccn1)N1CCC(S(=O)(=O)c2ccc(Cl)cc2)C1. The predicted octanol–water partition coefficient (Wildman–Crippen LogP) is 1.82. The minimum atomic E-state index is -3.49. The van der Waals surface area contributed by atoms with E-state index in [-0.39, 0.29) is 23.0 Å². The number of halogens is 1. The van der Waals surface area contributed by atoms with Crippen molar-refractivity contribution in [1.82, 2.24) is 14.9 Å². The molecule has 0 spiro atoms. The van der Waals surface area contributed by atoms with Gasteiger partial charge in [-0.3, -0.25) is 9.78 Å². The lowest BCUT2D eigenvalue weighted by Gasteiger charge is -2.16. The van der Waals surface area contributed by atoms with Crippen LogP contribution in [0.5, 0.6) is 0 Å². The third kappa shape index (κ3) is 3.20. The standard InChI is InChI=1S/C15H14ClN3O3S/c16-11-1-3-12(4-2-11)23(21,22)13-5-8-19(10-13)15(20)14-9-17-6-7-18-14/h1-4,6-7,9,13H,5,8,10H2. The van der Waals surface area contributed by atoms with E-state index in [9.17, 15) is 13.2 Å². The molecule has 1 fully saturated rings. The summed E-state index contributed by atoms with van der Waals surface area (Å²) in [7, 11) is -3.49. The van der Waals surface area contributed by atoms with Crippen molar-refractivity contribution in [3.63, 3.8) is 0 Å². The number of aromatic nitrogens is 2. The lowest BCUT2D eigenvalue weighted by molar-refractivity contribution is 0.0787. The highest BCUT2D eigenvalue weighted by atomic mass is 35.5. The van der Waals surface area contributed by atoms with Crippen LogP contribution in [0.25, 0.3) is 0 Å². The normalized spacial score (nSPS) is 18.1. The molecule has 2 heterocycles. The largest absolute Gasteiger partial charge is 0.336 e. The molecule has 6 nitrogen and oxygen atoms in total. The van der Waals surface area contributed by atoms with Gasteiger partial charge in [0.05, 0.1) is 16.3 Å². The fourth-order valence-electron chi connectivity index (χ4n) is 2.55. The summed E-state index contributed by atoms with van der Waals surface area (Å²) < 4.78 is 25.3. The van der Waals surface area contributed by atoms with E-state index in [1.54, 1.807) is 12.1 Å². The Morgan fingerprint density at radius 2 is 1.96 bits per heavy atom. The molecule has 1 atom stereocenters. The second kappa shape index (κ2) is 6.25. The maximum atomic E-state index is 12.6. The fraction of sp³-hybridized carbons (Fsp3) is 0.267. The smallest absolute Gasteiger partial charge is 0.274 e. The van der Waals surface area contributed by atoms with E-state index in [2.05, 4.69) is 9.97 Å². The molecule has 1 amide bonds. The molecule has 2 aromatic rings. The van der Waals surface area contributed by atoms with E-state index in [4.69, 9.17) is 11.6 Å². The first kappa shape index (κ1) is 15.9. The molecule has 0 radical (unpaired) electrons. The van der Waals surface area contributed by atoms with Crippen LogP contribution in [0.2, 0.25) is 5.02 Å². The molecule has 120 valence electrons. The summed E-state index contributed by atoms with van der Waals surface area (Å²) in [4.78, 5) is 21.9. The first-order chi connectivity index (χ1) is 11.0. The van der Waals surface area contributed by atoms with E-state index in [0.717, 1.165) is 0 Å². The summed E-state index contributed by atoms with van der Waals surface area (Å²) in [6.45, 7) is 0.535. The molecule has 1 aromatic carbocycles. The van der Waals surface area contributed by atoms with Crippen molar-refractivity contribution in [3.05, 3.63) is 53.6 Å². The molecule has 23 heavy (non-hydrogen) atoms. The van der Waals surface area contributed by atoms with Gasteiger partial charge >= 0.3 is 0 Å². The molecule has 1 unspecified atom stereocenters. The molecule has 0 bridgehead atoms. The quantitative estimate of drug-likeness (QED) is 0.842. The first-order valence-electron chi connectivity index (χ1n) is 7.03. The van der Waals surface area contributed by atoms with Gasteiger partial charge in [-0.2, -0.15) is 0 Å². The molecule has 3 rings (SSSR count). The zero-order chi connectivity index (χ0) is 16.4. The molecule has 0 aliphatic carbocycles. The summed E-state index contributed by atoms with van der Waals surface area (Å²) in [5.74, 6) is -0.299. The van der Waals surface area contributed by atoms with Crippen molar-refractivity contribution in [2.24, 2.45) is 0 Å². The van der Waals surface area contributed by atoms with Crippen LogP contribution in [-0.2, 0) is 9.84 Å². The lowest BCUT2D eigenvalue weighted by Crippen LogP contribution is -2.32. The van der Waals surface area contributed by atoms with Gasteiger partial charge in [0, 0.05) is 30.5 Å². The molecule has 1 aliphatic rings. The summed E-state index contributed by atoms with van der Waals surface area (Å²) in [5, 5.41) is -0.140. The summed E-state index contributed by atoms with van der Waals surface area (Å²) in [5.41, 5.74) is 0.219. The highest BCUT2D eigenvalue weighted by molar-refractivity contribution is 7.92. The first-order valence-corrected chi connectivity index (χ1v) is 8.95. The van der Waals surface area contributed by atoms with Crippen molar-refractivity contribution < 1.29 is 13.2 Å². The minimum absolute atomic E-state index is 0.153. The highest BCUT2D eigenvalue weighted by Gasteiger charge is 2.36. The van der Waals surface area contributed by atoms with Crippen LogP contribution in [0.1, 0.15) is 16.9 Å². The Bertz CT molecular complexity index is 810. The Hall–Kier alpha value is -1.99. The second-order valence-electron chi connectivity index (χ2n) is 5.25. The molecular formula is C15H14ClN3O3S. The van der Waals surface area contributed by atoms with Crippen molar-refractivity contribution in [2.75, 3.05) is 13.1 Å². The van der Waals surface area contributed by atoms with Gasteiger partial charge in [-0.05, 0) is 30.7 Å². The third-order valence-corrected chi connectivity index (χ3v) is 6.24. The van der Waals surface area contributed by atoms with Crippen LogP contribution < -0.4 is 0 Å². The van der Waals surface area contributed by atoms with Gasteiger partial charge in [0.15, 0.2) is 9.84 Å². The lowest BCUT2D eigenvalue weighted by atomic mass is 10.4. The van der Waals surface area contributed by atoms with Crippen molar-refractivity contribution in [3.8, 4) is 0 Å². The van der Waals surface area contributed by atoms with Crippen molar-refractivity contribution in [2.45, 2.75) is 16.6 Å². The zero-order valence-corrected chi connectivity index (χ0v) is 13.7. The Morgan fingerprint density at radius 1 is 1.22 bits per heavy atom. The Kier molecular flexibility index (Phi) is 4.32. The predicted molar refractivity (Wildman–Crippen MR) is 85.0 cm³/mol. The van der Waals surface area contributed by atoms with Crippen LogP contribution >= 0.6 is 11.6 Å². The molecule has 1 aliphatic heterocycles. The number of nitrogens with zero attached hydrogens (tertiary/aromatic N) is 3. The van der Waals surface area contributed by atoms with Crippen LogP contribution in [-0.4, -0.2) is 47.5 Å². The summed E-state index contributed by atoms with van der Waals surface area (Å²) >= 11 is 5.79. The van der Waals surface area contributed by atoms with E-state index in [1.165, 1.54) is 35.6 Å². The van der Waals surface area contributed by atoms with Gasteiger partial charge < -0.3 is 4.90 Å². The maximum absolute atomic E-state index is 12.6. The number of benzene rings is 1. The van der Waals surface area contributed by atoms with Gasteiger partial charge in [0.2, 0.25) is 0 Å². The van der Waals surface area contributed by atoms with Crippen molar-refractivity contribution >= 4 is 27.3 Å². The maximum Gasteiger partial charge on any atom is 0.274 e. The second-order valence-corrected chi connectivity index (χ2v) is 7.92. The van der Waals surface area contributed by atoms with E-state index >= 15 is 0 Å². The van der Waals surface area contributed by atoms with Gasteiger partial charge in [-0.1, -0.05) is 11.6 Å². The summed E-state index contributed by atoms with van der Waals surface area (Å²) in [6.07, 6.45) is 4.69. The number of likely N-dealkylation sites (tertiary alicyclic amines) is 1. The number of carbonyl (C=O) groups is 1. The van der Waals surface area contributed by atoms with Gasteiger partial charge in [-0.15, -0.1) is 0 Å². The van der Waals surface area contributed by atoms with E-state index < -0.39 is 15.1 Å². The highest BCUT2D eigenvalue weighted by Crippen LogP contribution is 2.25. The van der Waals surface area contributed by atoms with Crippen molar-refractivity contribution in [1.29, 1.82) is 0 Å². The van der Waals surface area contributed by atoms with Crippen LogP contribution in [0, 0.1) is 0 Å². The molecule has 1 aromatic heterocycles. The number of sulfone groups is 1. The molecular weight excluding hydrogens is 338 g/mol. The van der Waals surface area contributed by atoms with Crippen LogP contribution in [0.3, 0.4) is 0 Å². The molecule has 8 heteroatoms. The van der Waals surface area contributed by atoms with Crippen LogP contribution in [0.15, 0.2) is 47.8 Å². The van der Waals surface area contributed by atoms with Gasteiger partial charge in [-0.25, -0.2) is 13.4 Å². The van der Waals surface area contributed by atoms with Gasteiger partial charge in [0.1, 0.15) is 5.69 Å². The number of rotatable bonds is 3. The molecule has 0 saturated carbocycles. The zero-order valence-electron chi connectivity index (χ0n) is 12.1. The number of amides is 1. The number of hydrogen-bond acceptors (Lipinski definition) is 5. The average molecular weight is 352 g/mol. The fourth-order valence-corrected chi connectivity index (χ4v) is 4.37. The molecule has 1 saturated heterocycles. The van der Waals surface area contributed by atoms with Crippen LogP contribution in [0.4, 0.5) is 0 Å². The number of carbonyl (C=O) groups excluding carboxylic acids is 1. The van der Waals surface area contributed by atoms with E-state index in [1.807, 2.05) is 0 Å². The Balaban J connectivity index is 1.77. The van der Waals surface area contributed by atoms with E-state index in [0.29, 0.717) is 18.0 Å². The minimum Gasteiger partial charge on any atom is -0.336 e. The number of hydrogen-bond donors (Lipinski definition) is 0. The Labute approximate surface area is 139 Å². The van der Waals surface area contributed by atoms with Gasteiger partial charge in [0.25, 0.3) is 5.91 Å². The summed E-state index contributed by atoms with van der Waals surface area (Å²) in [6, 6.07) is 6.08. The monoisotopic (exact) mass is 351 g/mol. The topological polar surface area (TPSA) is 80.2 Å². The third-order valence-electron chi connectivity index (χ3n) is 3.80. The average Bonchev–Trinajstić information content (AvgIpc) is 3.06. The Morgan fingerprint density at radius 3 is 2.61 bits per heavy atom.